The number of carbonyl (C=O) groups excluding carboxylic acids is 1. The summed E-state index contributed by atoms with van der Waals surface area (Å²) in [5.74, 6) is -0.0298. The zero-order valence-electron chi connectivity index (χ0n) is 8.66. The first kappa shape index (κ1) is 11.5. The standard InChI is InChI=1S/C10H19NO3/c1-14-7-6-10(13)11-8-4-2-3-5-9(8)12/h8-9,12H,2-7H2,1H3,(H,11,13)/t8-,9-/m1/s1. The summed E-state index contributed by atoms with van der Waals surface area (Å²) in [6, 6.07) is -0.0480. The van der Waals surface area contributed by atoms with Crippen LogP contribution in [0.15, 0.2) is 0 Å². The van der Waals surface area contributed by atoms with Crippen molar-refractivity contribution in [3.8, 4) is 0 Å². The maximum atomic E-state index is 11.3. The number of aliphatic hydroxyl groups excluding tert-OH is 1. The zero-order valence-corrected chi connectivity index (χ0v) is 8.66. The molecule has 1 rings (SSSR count). The fraction of sp³-hybridized carbons (Fsp3) is 0.900. The molecule has 1 saturated carbocycles. The van der Waals surface area contributed by atoms with Crippen molar-refractivity contribution >= 4 is 5.91 Å². The second-order valence-corrected chi connectivity index (χ2v) is 3.77. The summed E-state index contributed by atoms with van der Waals surface area (Å²) < 4.78 is 4.81. The summed E-state index contributed by atoms with van der Waals surface area (Å²) in [5, 5.41) is 12.4. The molecule has 0 spiro atoms. The average molecular weight is 201 g/mol. The van der Waals surface area contributed by atoms with Gasteiger partial charge in [0.2, 0.25) is 5.91 Å². The van der Waals surface area contributed by atoms with E-state index >= 15 is 0 Å². The highest BCUT2D eigenvalue weighted by molar-refractivity contribution is 5.76. The number of aliphatic hydroxyl groups is 1. The predicted molar refractivity (Wildman–Crippen MR) is 52.9 cm³/mol. The van der Waals surface area contributed by atoms with E-state index in [1.54, 1.807) is 7.11 Å². The van der Waals surface area contributed by atoms with Crippen molar-refractivity contribution in [3.63, 3.8) is 0 Å². The van der Waals surface area contributed by atoms with Crippen LogP contribution >= 0.6 is 0 Å². The fourth-order valence-electron chi connectivity index (χ4n) is 1.75. The van der Waals surface area contributed by atoms with E-state index in [2.05, 4.69) is 5.32 Å². The number of methoxy groups -OCH3 is 1. The first-order valence-electron chi connectivity index (χ1n) is 5.20. The van der Waals surface area contributed by atoms with Gasteiger partial charge in [0.05, 0.1) is 18.8 Å². The molecule has 0 aliphatic heterocycles. The molecule has 14 heavy (non-hydrogen) atoms. The summed E-state index contributed by atoms with van der Waals surface area (Å²) in [7, 11) is 1.57. The van der Waals surface area contributed by atoms with Crippen LogP contribution < -0.4 is 5.32 Å². The minimum Gasteiger partial charge on any atom is -0.391 e. The number of amides is 1. The maximum absolute atomic E-state index is 11.3. The molecule has 0 aromatic carbocycles. The number of rotatable bonds is 4. The van der Waals surface area contributed by atoms with Crippen LogP contribution in [-0.2, 0) is 9.53 Å². The monoisotopic (exact) mass is 201 g/mol. The lowest BCUT2D eigenvalue weighted by molar-refractivity contribution is -0.123. The van der Waals surface area contributed by atoms with E-state index in [-0.39, 0.29) is 18.1 Å². The molecule has 0 radical (unpaired) electrons. The van der Waals surface area contributed by atoms with Crippen molar-refractivity contribution in [2.24, 2.45) is 0 Å². The van der Waals surface area contributed by atoms with Crippen molar-refractivity contribution < 1.29 is 14.6 Å². The van der Waals surface area contributed by atoms with Crippen molar-refractivity contribution in [3.05, 3.63) is 0 Å². The van der Waals surface area contributed by atoms with E-state index in [1.807, 2.05) is 0 Å². The molecule has 0 bridgehead atoms. The fourth-order valence-corrected chi connectivity index (χ4v) is 1.75. The third kappa shape index (κ3) is 3.64. The van der Waals surface area contributed by atoms with Gasteiger partial charge in [-0.25, -0.2) is 0 Å². The van der Waals surface area contributed by atoms with E-state index < -0.39 is 0 Å². The highest BCUT2D eigenvalue weighted by Gasteiger charge is 2.23. The molecule has 1 fully saturated rings. The summed E-state index contributed by atoms with van der Waals surface area (Å²) >= 11 is 0. The molecule has 1 aliphatic rings. The van der Waals surface area contributed by atoms with Crippen LogP contribution in [0.25, 0.3) is 0 Å². The molecule has 2 N–H and O–H groups in total. The van der Waals surface area contributed by atoms with Crippen molar-refractivity contribution in [1.82, 2.24) is 5.32 Å². The van der Waals surface area contributed by atoms with E-state index in [4.69, 9.17) is 4.74 Å². The lowest BCUT2D eigenvalue weighted by Gasteiger charge is -2.28. The van der Waals surface area contributed by atoms with Crippen LogP contribution in [0.3, 0.4) is 0 Å². The SMILES string of the molecule is COCCC(=O)N[C@@H]1CCCC[C@H]1O. The quantitative estimate of drug-likeness (QED) is 0.694. The Bertz CT molecular complexity index is 184. The topological polar surface area (TPSA) is 58.6 Å². The molecule has 0 aromatic heterocycles. The first-order valence-corrected chi connectivity index (χ1v) is 5.20. The normalized spacial score (nSPS) is 27.3. The summed E-state index contributed by atoms with van der Waals surface area (Å²) in [4.78, 5) is 11.3. The summed E-state index contributed by atoms with van der Waals surface area (Å²) in [5.41, 5.74) is 0. The number of hydrogen-bond donors (Lipinski definition) is 2. The van der Waals surface area contributed by atoms with Gasteiger partial charge in [-0.2, -0.15) is 0 Å². The van der Waals surface area contributed by atoms with E-state index in [0.717, 1.165) is 25.7 Å². The molecule has 4 heteroatoms. The molecule has 1 aliphatic carbocycles. The van der Waals surface area contributed by atoms with Gasteiger partial charge in [-0.05, 0) is 12.8 Å². The Morgan fingerprint density at radius 2 is 2.21 bits per heavy atom. The predicted octanol–water partition coefficient (Wildman–Crippen LogP) is 0.443. The third-order valence-corrected chi connectivity index (χ3v) is 2.61. The van der Waals surface area contributed by atoms with Gasteiger partial charge in [0.25, 0.3) is 0 Å². The Labute approximate surface area is 84.6 Å². The van der Waals surface area contributed by atoms with Gasteiger partial charge >= 0.3 is 0 Å². The maximum Gasteiger partial charge on any atom is 0.222 e. The van der Waals surface area contributed by atoms with Gasteiger partial charge in [-0.15, -0.1) is 0 Å². The zero-order chi connectivity index (χ0) is 10.4. The summed E-state index contributed by atoms with van der Waals surface area (Å²) in [6.07, 6.45) is 3.85. The van der Waals surface area contributed by atoms with Gasteiger partial charge in [-0.3, -0.25) is 4.79 Å². The van der Waals surface area contributed by atoms with Crippen LogP contribution in [0, 0.1) is 0 Å². The first-order chi connectivity index (χ1) is 6.74. The Morgan fingerprint density at radius 1 is 1.50 bits per heavy atom. The molecule has 0 heterocycles. The number of ether oxygens (including phenoxy) is 1. The largest absolute Gasteiger partial charge is 0.391 e. The molecular formula is C10H19NO3. The van der Waals surface area contributed by atoms with Crippen LogP contribution in [0.1, 0.15) is 32.1 Å². The molecule has 82 valence electrons. The molecule has 4 nitrogen and oxygen atoms in total. The number of nitrogens with one attached hydrogen (secondary N) is 1. The Kier molecular flexibility index (Phi) is 4.90. The lowest BCUT2D eigenvalue weighted by atomic mass is 9.92. The molecule has 0 unspecified atom stereocenters. The van der Waals surface area contributed by atoms with E-state index in [9.17, 15) is 9.90 Å². The Hall–Kier alpha value is -0.610. The highest BCUT2D eigenvalue weighted by atomic mass is 16.5. The summed E-state index contributed by atoms with van der Waals surface area (Å²) in [6.45, 7) is 0.439. The van der Waals surface area contributed by atoms with Crippen LogP contribution in [0.4, 0.5) is 0 Å². The van der Waals surface area contributed by atoms with Gasteiger partial charge in [-0.1, -0.05) is 12.8 Å². The second kappa shape index (κ2) is 5.98. The smallest absolute Gasteiger partial charge is 0.222 e. The minimum absolute atomic E-state index is 0.0298. The highest BCUT2D eigenvalue weighted by Crippen LogP contribution is 2.18. The lowest BCUT2D eigenvalue weighted by Crippen LogP contribution is -2.45. The van der Waals surface area contributed by atoms with Gasteiger partial charge in [0.1, 0.15) is 0 Å². The third-order valence-electron chi connectivity index (χ3n) is 2.61. The minimum atomic E-state index is -0.366. The molecule has 0 aromatic rings. The van der Waals surface area contributed by atoms with Gasteiger partial charge < -0.3 is 15.2 Å². The molecule has 0 saturated heterocycles. The van der Waals surface area contributed by atoms with Gasteiger partial charge in [0.15, 0.2) is 0 Å². The van der Waals surface area contributed by atoms with Crippen LogP contribution in [-0.4, -0.2) is 36.9 Å². The van der Waals surface area contributed by atoms with E-state index in [0.29, 0.717) is 13.0 Å². The van der Waals surface area contributed by atoms with Crippen molar-refractivity contribution in [2.75, 3.05) is 13.7 Å². The van der Waals surface area contributed by atoms with Crippen LogP contribution in [0.5, 0.6) is 0 Å². The molecule has 1 amide bonds. The Balaban J connectivity index is 2.23. The molecule has 2 atom stereocenters. The second-order valence-electron chi connectivity index (χ2n) is 3.77. The van der Waals surface area contributed by atoms with Crippen LogP contribution in [0.2, 0.25) is 0 Å². The number of carbonyl (C=O) groups is 1. The average Bonchev–Trinajstić information content (AvgIpc) is 2.18. The van der Waals surface area contributed by atoms with Crippen molar-refractivity contribution in [2.45, 2.75) is 44.2 Å². The molecular weight excluding hydrogens is 182 g/mol. The number of hydrogen-bond acceptors (Lipinski definition) is 3. The van der Waals surface area contributed by atoms with E-state index in [1.165, 1.54) is 0 Å². The van der Waals surface area contributed by atoms with Crippen molar-refractivity contribution in [1.29, 1.82) is 0 Å². The van der Waals surface area contributed by atoms with Gasteiger partial charge in [0, 0.05) is 13.5 Å². The Morgan fingerprint density at radius 3 is 2.86 bits per heavy atom.